The van der Waals surface area contributed by atoms with Crippen LogP contribution in [0, 0.1) is 0 Å². The van der Waals surface area contributed by atoms with Crippen molar-refractivity contribution in [2.75, 3.05) is 0 Å². The number of carbonyl (C=O) groups is 1. The number of aliphatic carboxylic acids is 1. The zero-order valence-corrected chi connectivity index (χ0v) is 8.55. The van der Waals surface area contributed by atoms with Crippen LogP contribution in [0.15, 0.2) is 24.3 Å². The average molecular weight is 231 g/mol. The van der Waals surface area contributed by atoms with E-state index in [1.54, 1.807) is 18.2 Å². The molecule has 0 aliphatic heterocycles. The van der Waals surface area contributed by atoms with Crippen LogP contribution < -0.4 is 0 Å². The van der Waals surface area contributed by atoms with E-state index >= 15 is 0 Å². The van der Waals surface area contributed by atoms with E-state index in [2.05, 4.69) is 12.2 Å². The molecule has 3 nitrogen and oxygen atoms in total. The number of halogens is 1. The van der Waals surface area contributed by atoms with E-state index < -0.39 is 16.9 Å². The van der Waals surface area contributed by atoms with Gasteiger partial charge in [0.2, 0.25) is 0 Å². The van der Waals surface area contributed by atoms with Crippen molar-refractivity contribution in [1.82, 2.24) is 0 Å². The van der Waals surface area contributed by atoms with Gasteiger partial charge in [0.05, 0.1) is 0 Å². The van der Waals surface area contributed by atoms with Gasteiger partial charge in [0.1, 0.15) is 5.92 Å². The van der Waals surface area contributed by atoms with Crippen LogP contribution >= 0.6 is 23.8 Å². The Labute approximate surface area is 90.9 Å². The van der Waals surface area contributed by atoms with Gasteiger partial charge in [-0.2, -0.15) is 0 Å². The van der Waals surface area contributed by atoms with Gasteiger partial charge in [-0.05, 0) is 29.9 Å². The molecule has 0 radical (unpaired) electrons. The van der Waals surface area contributed by atoms with Crippen molar-refractivity contribution in [1.29, 1.82) is 0 Å². The second kappa shape index (κ2) is 4.39. The first-order chi connectivity index (χ1) is 6.52. The summed E-state index contributed by atoms with van der Waals surface area (Å²) >= 11 is 10.1. The van der Waals surface area contributed by atoms with Crippen molar-refractivity contribution in [3.8, 4) is 0 Å². The minimum absolute atomic E-state index is 0.373. The third kappa shape index (κ3) is 2.43. The molecular weight excluding hydrogens is 224 g/mol. The van der Waals surface area contributed by atoms with E-state index in [9.17, 15) is 4.79 Å². The number of hydrogen-bond acceptors (Lipinski definition) is 2. The van der Waals surface area contributed by atoms with Crippen LogP contribution in [0.2, 0.25) is 5.02 Å². The smallest absolute Gasteiger partial charge is 0.319 e. The lowest BCUT2D eigenvalue weighted by atomic mass is 10.0. The highest BCUT2D eigenvalue weighted by molar-refractivity contribution is 7.80. The van der Waals surface area contributed by atoms with Crippen LogP contribution in [0.1, 0.15) is 11.5 Å². The monoisotopic (exact) mass is 230 g/mol. The molecule has 1 atom stereocenters. The van der Waals surface area contributed by atoms with Gasteiger partial charge in [0.15, 0.2) is 5.05 Å². The highest BCUT2D eigenvalue weighted by Crippen LogP contribution is 2.20. The number of aliphatic hydroxyl groups excluding tert-OH is 1. The molecule has 5 heteroatoms. The van der Waals surface area contributed by atoms with E-state index in [4.69, 9.17) is 21.8 Å². The van der Waals surface area contributed by atoms with Gasteiger partial charge in [0, 0.05) is 5.02 Å². The quantitative estimate of drug-likeness (QED) is 0.783. The van der Waals surface area contributed by atoms with Crippen molar-refractivity contribution in [3.63, 3.8) is 0 Å². The zero-order valence-electron chi connectivity index (χ0n) is 6.98. The van der Waals surface area contributed by atoms with E-state index in [1.165, 1.54) is 6.07 Å². The Balaban J connectivity index is 3.12. The maximum Gasteiger partial charge on any atom is 0.319 e. The molecule has 0 aromatic heterocycles. The first-order valence-corrected chi connectivity index (χ1v) is 4.52. The summed E-state index contributed by atoms with van der Waals surface area (Å²) in [6, 6.07) is 6.23. The van der Waals surface area contributed by atoms with Gasteiger partial charge < -0.3 is 10.2 Å². The lowest BCUT2D eigenvalue weighted by molar-refractivity contribution is -0.137. The molecule has 0 saturated heterocycles. The molecule has 0 heterocycles. The topological polar surface area (TPSA) is 57.5 Å². The normalized spacial score (nSPS) is 12.1. The Morgan fingerprint density at radius 3 is 2.50 bits per heavy atom. The van der Waals surface area contributed by atoms with Crippen molar-refractivity contribution < 1.29 is 15.0 Å². The van der Waals surface area contributed by atoms with Crippen LogP contribution in [-0.2, 0) is 4.79 Å². The number of rotatable bonds is 3. The molecule has 1 unspecified atom stereocenters. The number of hydrogen-bond donors (Lipinski definition) is 2. The number of benzene rings is 1. The van der Waals surface area contributed by atoms with Gasteiger partial charge in [-0.25, -0.2) is 0 Å². The highest BCUT2D eigenvalue weighted by atomic mass is 35.5. The summed E-state index contributed by atoms with van der Waals surface area (Å²) in [6.07, 6.45) is 0. The molecule has 0 spiro atoms. The summed E-state index contributed by atoms with van der Waals surface area (Å²) in [4.78, 5) is 10.8. The van der Waals surface area contributed by atoms with Gasteiger partial charge in [-0.1, -0.05) is 23.7 Å². The molecule has 14 heavy (non-hydrogen) atoms. The van der Waals surface area contributed by atoms with Gasteiger partial charge in [-0.15, -0.1) is 0 Å². The minimum atomic E-state index is -1.19. The average Bonchev–Trinajstić information content (AvgIpc) is 2.02. The summed E-state index contributed by atoms with van der Waals surface area (Å²) in [6.45, 7) is 0. The van der Waals surface area contributed by atoms with Crippen molar-refractivity contribution >= 4 is 34.8 Å². The highest BCUT2D eigenvalue weighted by Gasteiger charge is 2.24. The summed E-state index contributed by atoms with van der Waals surface area (Å²) in [7, 11) is 0. The lowest BCUT2D eigenvalue weighted by Crippen LogP contribution is -2.19. The minimum Gasteiger partial charge on any atom is -0.501 e. The van der Waals surface area contributed by atoms with Crippen molar-refractivity contribution in [3.05, 3.63) is 34.9 Å². The third-order valence-corrected chi connectivity index (χ3v) is 2.15. The molecule has 0 fully saturated rings. The van der Waals surface area contributed by atoms with E-state index in [1.807, 2.05) is 0 Å². The van der Waals surface area contributed by atoms with Gasteiger partial charge in [-0.3, -0.25) is 4.79 Å². The maximum atomic E-state index is 10.8. The van der Waals surface area contributed by atoms with Crippen molar-refractivity contribution in [2.24, 2.45) is 0 Å². The van der Waals surface area contributed by atoms with Gasteiger partial charge >= 0.3 is 5.97 Å². The Hall–Kier alpha value is -1.13. The van der Waals surface area contributed by atoms with Crippen LogP contribution in [0.4, 0.5) is 0 Å². The number of carboxylic acids is 1. The Morgan fingerprint density at radius 1 is 1.43 bits per heavy atom. The van der Waals surface area contributed by atoms with E-state index in [0.29, 0.717) is 10.6 Å². The second-order valence-corrected chi connectivity index (χ2v) is 3.52. The number of thiocarbonyl (C=S) groups is 1. The maximum absolute atomic E-state index is 10.8. The van der Waals surface area contributed by atoms with E-state index in [0.717, 1.165) is 0 Å². The Bertz CT molecular complexity index is 364. The largest absolute Gasteiger partial charge is 0.501 e. The molecule has 1 aromatic rings. The summed E-state index contributed by atoms with van der Waals surface area (Å²) in [5, 5.41) is 17.7. The first-order valence-electron chi connectivity index (χ1n) is 3.73. The van der Waals surface area contributed by atoms with Crippen LogP contribution in [0.25, 0.3) is 0 Å². The molecule has 0 bridgehead atoms. The van der Waals surface area contributed by atoms with Gasteiger partial charge in [0.25, 0.3) is 0 Å². The SMILES string of the molecule is O=C(O)C(C(O)=S)c1cccc(Cl)c1. The number of aliphatic hydroxyl groups is 1. The molecule has 0 saturated carbocycles. The molecule has 0 amide bonds. The fourth-order valence-corrected chi connectivity index (χ4v) is 1.51. The van der Waals surface area contributed by atoms with Crippen molar-refractivity contribution in [2.45, 2.75) is 5.92 Å². The summed E-state index contributed by atoms with van der Waals surface area (Å²) in [5.74, 6) is -2.39. The predicted octanol–water partition coefficient (Wildman–Crippen LogP) is 2.39. The fourth-order valence-electron chi connectivity index (χ4n) is 1.08. The third-order valence-electron chi connectivity index (χ3n) is 1.68. The zero-order chi connectivity index (χ0) is 10.7. The molecule has 74 valence electrons. The number of carboxylic acid groups (broad SMARTS) is 1. The van der Waals surface area contributed by atoms with Crippen LogP contribution in [0.5, 0.6) is 0 Å². The molecule has 2 N–H and O–H groups in total. The Kier molecular flexibility index (Phi) is 3.43. The Morgan fingerprint density at radius 2 is 2.07 bits per heavy atom. The first kappa shape index (κ1) is 10.9. The summed E-state index contributed by atoms with van der Waals surface area (Å²) < 4.78 is 0. The van der Waals surface area contributed by atoms with Crippen LogP contribution in [0.3, 0.4) is 0 Å². The molecule has 1 aromatic carbocycles. The summed E-state index contributed by atoms with van der Waals surface area (Å²) in [5.41, 5.74) is 0.373. The molecule has 0 aliphatic rings. The molecule has 0 aliphatic carbocycles. The second-order valence-electron chi connectivity index (χ2n) is 2.66. The predicted molar refractivity (Wildman–Crippen MR) is 57.1 cm³/mol. The van der Waals surface area contributed by atoms with Crippen LogP contribution in [-0.4, -0.2) is 21.2 Å². The fraction of sp³-hybridized carbons (Fsp3) is 0.111. The lowest BCUT2D eigenvalue weighted by Gasteiger charge is -2.09. The molecular formula is C9H7ClO3S. The van der Waals surface area contributed by atoms with E-state index in [-0.39, 0.29) is 0 Å². The standard InChI is InChI=1S/C9H7ClO3S/c10-6-3-1-2-5(4-6)7(8(11)12)9(13)14/h1-4,7H,(H,11,12)(H,13,14). The molecule has 1 rings (SSSR count).